The van der Waals surface area contributed by atoms with Crippen LogP contribution < -0.4 is 15.9 Å². The van der Waals surface area contributed by atoms with Gasteiger partial charge in [-0.2, -0.15) is 0 Å². The van der Waals surface area contributed by atoms with Gasteiger partial charge in [0.25, 0.3) is 0 Å². The molecule has 0 atom stereocenters. The van der Waals surface area contributed by atoms with Crippen LogP contribution in [0.4, 0.5) is 0 Å². The van der Waals surface area contributed by atoms with Crippen LogP contribution in [-0.4, -0.2) is 0 Å². The number of rotatable bonds is 5. The Morgan fingerprint density at radius 1 is 0.464 bits per heavy atom. The van der Waals surface area contributed by atoms with E-state index < -0.39 is 7.26 Å². The van der Waals surface area contributed by atoms with Crippen LogP contribution in [0.3, 0.4) is 0 Å². The summed E-state index contributed by atoms with van der Waals surface area (Å²) in [5.74, 6) is 0. The van der Waals surface area contributed by atoms with Gasteiger partial charge in [0, 0.05) is 0 Å². The maximum atomic E-state index is 4.45. The molecule has 3 heteroatoms. The second kappa shape index (κ2) is 10.6. The van der Waals surface area contributed by atoms with Crippen molar-refractivity contribution >= 4 is 33.3 Å². The third-order valence-corrected chi connectivity index (χ3v) is 10.0. The van der Waals surface area contributed by atoms with E-state index in [0.29, 0.717) is 0 Å². The predicted molar refractivity (Wildman–Crippen MR) is 123 cm³/mol. The summed E-state index contributed by atoms with van der Waals surface area (Å²) in [6, 6.07) is 44.2. The molecule has 0 aliphatic heterocycles. The van der Waals surface area contributed by atoms with Crippen molar-refractivity contribution < 1.29 is 15.1 Å². The van der Waals surface area contributed by atoms with Gasteiger partial charge in [-0.15, -0.1) is 0 Å². The van der Waals surface area contributed by atoms with Crippen molar-refractivity contribution in [3.8, 4) is 0 Å². The van der Waals surface area contributed by atoms with Crippen LogP contribution in [-0.2, 0) is 21.3 Å². The SMILES string of the molecule is [Cl][Mn].c1ccc(C[PH](c2ccccc2)(c2ccccc2)c2ccccc2)cc1. The van der Waals surface area contributed by atoms with Crippen molar-refractivity contribution in [1.29, 1.82) is 0 Å². The van der Waals surface area contributed by atoms with Gasteiger partial charge in [0.1, 0.15) is 0 Å². The van der Waals surface area contributed by atoms with Crippen LogP contribution in [0.5, 0.6) is 0 Å². The second-order valence-corrected chi connectivity index (χ2v) is 10.6. The van der Waals surface area contributed by atoms with E-state index in [1.54, 1.807) is 0 Å². The molecule has 0 bridgehead atoms. The number of hydrogen-bond donors (Lipinski definition) is 0. The average Bonchev–Trinajstić information content (AvgIpc) is 2.81. The van der Waals surface area contributed by atoms with E-state index in [9.17, 15) is 0 Å². The molecule has 0 amide bonds. The van der Waals surface area contributed by atoms with Crippen LogP contribution >= 0.6 is 17.4 Å². The molecule has 0 radical (unpaired) electrons. The molecule has 0 heterocycles. The van der Waals surface area contributed by atoms with Gasteiger partial charge in [-0.3, -0.25) is 0 Å². The van der Waals surface area contributed by atoms with E-state index in [4.69, 9.17) is 0 Å². The Morgan fingerprint density at radius 2 is 0.750 bits per heavy atom. The Kier molecular flexibility index (Phi) is 7.90. The van der Waals surface area contributed by atoms with Gasteiger partial charge in [0.2, 0.25) is 0 Å². The first-order valence-corrected chi connectivity index (χ1v) is 13.1. The molecule has 4 aromatic carbocycles. The molecule has 0 aliphatic carbocycles. The van der Waals surface area contributed by atoms with Gasteiger partial charge in [-0.25, -0.2) is 0 Å². The summed E-state index contributed by atoms with van der Waals surface area (Å²) in [6.07, 6.45) is 1.06. The average molecular weight is 445 g/mol. The number of benzene rings is 4. The minimum atomic E-state index is -2.16. The molecule has 0 N–H and O–H groups in total. The first-order chi connectivity index (χ1) is 13.9. The molecular formula is C25H23ClMnP. The van der Waals surface area contributed by atoms with E-state index >= 15 is 0 Å². The molecule has 0 saturated heterocycles. The normalized spacial score (nSPS) is 11.2. The summed E-state index contributed by atoms with van der Waals surface area (Å²) in [5.41, 5.74) is 1.40. The first-order valence-electron chi connectivity index (χ1n) is 9.24. The fourth-order valence-electron chi connectivity index (χ4n) is 3.88. The quantitative estimate of drug-likeness (QED) is 0.278. The van der Waals surface area contributed by atoms with Gasteiger partial charge >= 0.3 is 181 Å². The molecule has 4 aromatic rings. The zero-order valence-electron chi connectivity index (χ0n) is 15.5. The van der Waals surface area contributed by atoms with Gasteiger partial charge in [0.15, 0.2) is 0 Å². The number of hydrogen-bond acceptors (Lipinski definition) is 0. The van der Waals surface area contributed by atoms with Gasteiger partial charge in [-0.05, 0) is 0 Å². The molecule has 28 heavy (non-hydrogen) atoms. The topological polar surface area (TPSA) is 0 Å². The summed E-state index contributed by atoms with van der Waals surface area (Å²) in [5, 5.41) is 4.38. The summed E-state index contributed by atoms with van der Waals surface area (Å²) < 4.78 is 0. The Morgan fingerprint density at radius 3 is 1.07 bits per heavy atom. The van der Waals surface area contributed by atoms with Crippen molar-refractivity contribution in [2.75, 3.05) is 0 Å². The van der Waals surface area contributed by atoms with Crippen molar-refractivity contribution in [1.82, 2.24) is 0 Å². The molecular weight excluding hydrogens is 422 g/mol. The fourth-order valence-corrected chi connectivity index (χ4v) is 8.62. The summed E-state index contributed by atoms with van der Waals surface area (Å²) >= 11 is 2.41. The molecule has 0 nitrogen and oxygen atoms in total. The Labute approximate surface area is 181 Å². The molecule has 0 aromatic heterocycles. The monoisotopic (exact) mass is 444 g/mol. The van der Waals surface area contributed by atoms with Crippen molar-refractivity contribution in [3.05, 3.63) is 127 Å². The van der Waals surface area contributed by atoms with E-state index in [1.807, 2.05) is 0 Å². The molecule has 0 unspecified atom stereocenters. The minimum absolute atomic E-state index is 1.06. The van der Waals surface area contributed by atoms with E-state index in [0.717, 1.165) is 6.16 Å². The van der Waals surface area contributed by atoms with Crippen LogP contribution in [0.2, 0.25) is 0 Å². The van der Waals surface area contributed by atoms with E-state index in [1.165, 1.54) is 21.5 Å². The van der Waals surface area contributed by atoms with Gasteiger partial charge in [0.05, 0.1) is 0 Å². The molecule has 0 fully saturated rings. The third kappa shape index (κ3) is 4.57. The van der Waals surface area contributed by atoms with Gasteiger partial charge < -0.3 is 0 Å². The zero-order valence-corrected chi connectivity index (χ0v) is 18.4. The number of halogens is 1. The summed E-state index contributed by atoms with van der Waals surface area (Å²) in [4.78, 5) is 0. The Hall–Kier alpha value is -1.88. The van der Waals surface area contributed by atoms with Crippen molar-refractivity contribution in [2.45, 2.75) is 6.16 Å². The van der Waals surface area contributed by atoms with Gasteiger partial charge in [-0.1, -0.05) is 0 Å². The molecule has 142 valence electrons. The first kappa shape index (κ1) is 20.8. The third-order valence-electron chi connectivity index (χ3n) is 5.11. The fraction of sp³-hybridized carbons (Fsp3) is 0.0400. The van der Waals surface area contributed by atoms with E-state index in [2.05, 4.69) is 147 Å². The molecule has 0 spiro atoms. The summed E-state index contributed by atoms with van der Waals surface area (Å²) in [7, 11) is 2.29. The van der Waals surface area contributed by atoms with Crippen molar-refractivity contribution in [2.24, 2.45) is 0 Å². The molecule has 0 saturated carbocycles. The Balaban J connectivity index is 0.00000109. The zero-order chi connectivity index (χ0) is 19.7. The van der Waals surface area contributed by atoms with Crippen molar-refractivity contribution in [3.63, 3.8) is 0 Å². The summed E-state index contributed by atoms with van der Waals surface area (Å²) in [6.45, 7) is 0. The second-order valence-electron chi connectivity index (χ2n) is 6.67. The molecule has 0 aliphatic rings. The molecule has 4 rings (SSSR count). The maximum absolute atomic E-state index is 4.45. The van der Waals surface area contributed by atoms with Crippen LogP contribution in [0.1, 0.15) is 5.56 Å². The van der Waals surface area contributed by atoms with E-state index in [-0.39, 0.29) is 0 Å². The van der Waals surface area contributed by atoms with Crippen LogP contribution in [0.15, 0.2) is 121 Å². The Bertz CT molecular complexity index is 848. The van der Waals surface area contributed by atoms with Crippen LogP contribution in [0.25, 0.3) is 0 Å². The predicted octanol–water partition coefficient (Wildman–Crippen LogP) is 5.60. The van der Waals surface area contributed by atoms with Crippen LogP contribution in [0, 0.1) is 0 Å². The standard InChI is InChI=1S/C25H23P.ClH.Mn/c1-5-13-22(14-6-1)21-26(23-15-7-2-8-16-23,24-17-9-3-10-18-24)25-19-11-4-12-20-25;;/h1-20,26H,21H2;1H;/q;;+1/p-1.